The lowest BCUT2D eigenvalue weighted by Gasteiger charge is -2.06. The van der Waals surface area contributed by atoms with Gasteiger partial charge in [0.15, 0.2) is 5.75 Å². The van der Waals surface area contributed by atoms with E-state index in [-0.39, 0.29) is 11.4 Å². The van der Waals surface area contributed by atoms with Gasteiger partial charge >= 0.3 is 5.69 Å². The zero-order valence-corrected chi connectivity index (χ0v) is 10.4. The fourth-order valence-corrected chi connectivity index (χ4v) is 1.97. The highest BCUT2D eigenvalue weighted by Crippen LogP contribution is 2.37. The summed E-state index contributed by atoms with van der Waals surface area (Å²) in [5, 5.41) is 20.8. The quantitative estimate of drug-likeness (QED) is 0.661. The summed E-state index contributed by atoms with van der Waals surface area (Å²) < 4.78 is 0. The molecule has 0 unspecified atom stereocenters. The topological polar surface area (TPSA) is 63.4 Å². The third-order valence-electron chi connectivity index (χ3n) is 2.43. The van der Waals surface area contributed by atoms with Crippen LogP contribution in [0.15, 0.2) is 36.4 Å². The highest BCUT2D eigenvalue weighted by atomic mass is 35.5. The van der Waals surface area contributed by atoms with E-state index in [1.165, 1.54) is 12.1 Å². The second-order valence-corrected chi connectivity index (χ2v) is 4.35. The number of hydrogen-bond donors (Lipinski definition) is 1. The van der Waals surface area contributed by atoms with Crippen molar-refractivity contribution in [2.75, 3.05) is 0 Å². The number of rotatable bonds is 2. The van der Waals surface area contributed by atoms with Crippen molar-refractivity contribution in [3.63, 3.8) is 0 Å². The Balaban J connectivity index is 2.62. The van der Waals surface area contributed by atoms with Gasteiger partial charge in [-0.3, -0.25) is 10.1 Å². The van der Waals surface area contributed by atoms with Crippen LogP contribution in [0.5, 0.6) is 5.75 Å². The fraction of sp³-hybridized carbons (Fsp3) is 0. The zero-order valence-electron chi connectivity index (χ0n) is 8.93. The molecule has 4 nitrogen and oxygen atoms in total. The summed E-state index contributed by atoms with van der Waals surface area (Å²) in [7, 11) is 0. The van der Waals surface area contributed by atoms with Gasteiger partial charge in [-0.1, -0.05) is 41.4 Å². The van der Waals surface area contributed by atoms with Gasteiger partial charge in [-0.2, -0.15) is 0 Å². The van der Waals surface area contributed by atoms with Crippen LogP contribution in [0.1, 0.15) is 0 Å². The van der Waals surface area contributed by atoms with Crippen molar-refractivity contribution in [3.05, 3.63) is 56.6 Å². The first-order valence-corrected chi connectivity index (χ1v) is 5.68. The molecule has 0 aliphatic carbocycles. The summed E-state index contributed by atoms with van der Waals surface area (Å²) in [6.45, 7) is 0. The zero-order chi connectivity index (χ0) is 13.3. The molecule has 0 saturated heterocycles. The Morgan fingerprint density at radius 2 is 1.89 bits per heavy atom. The van der Waals surface area contributed by atoms with Gasteiger partial charge in [-0.05, 0) is 17.7 Å². The molecule has 0 atom stereocenters. The van der Waals surface area contributed by atoms with E-state index in [2.05, 4.69) is 0 Å². The number of nitro groups is 1. The average Bonchev–Trinajstić information content (AvgIpc) is 2.33. The monoisotopic (exact) mass is 283 g/mol. The molecule has 18 heavy (non-hydrogen) atoms. The average molecular weight is 284 g/mol. The van der Waals surface area contributed by atoms with Crippen LogP contribution in [0, 0.1) is 10.1 Å². The minimum atomic E-state index is -0.655. The van der Waals surface area contributed by atoms with E-state index in [9.17, 15) is 15.2 Å². The van der Waals surface area contributed by atoms with Crippen LogP contribution >= 0.6 is 23.2 Å². The molecule has 2 rings (SSSR count). The molecule has 6 heteroatoms. The summed E-state index contributed by atoms with van der Waals surface area (Å²) in [6.07, 6.45) is 0. The second-order valence-electron chi connectivity index (χ2n) is 3.56. The molecular weight excluding hydrogens is 277 g/mol. The molecule has 0 saturated carbocycles. The minimum absolute atomic E-state index is 0.319. The summed E-state index contributed by atoms with van der Waals surface area (Å²) in [5.74, 6) is -0.387. The summed E-state index contributed by atoms with van der Waals surface area (Å²) >= 11 is 11.9. The Hall–Kier alpha value is -1.78. The van der Waals surface area contributed by atoms with Crippen molar-refractivity contribution in [1.82, 2.24) is 0 Å². The molecule has 2 aromatic carbocycles. The maximum absolute atomic E-state index is 10.7. The number of phenolic OH excluding ortho intramolecular Hbond substituents is 1. The van der Waals surface area contributed by atoms with Crippen molar-refractivity contribution in [3.8, 4) is 16.9 Å². The van der Waals surface area contributed by atoms with Crippen molar-refractivity contribution >= 4 is 28.9 Å². The molecule has 0 radical (unpaired) electrons. The minimum Gasteiger partial charge on any atom is -0.502 e. The first-order chi connectivity index (χ1) is 8.50. The summed E-state index contributed by atoms with van der Waals surface area (Å²) in [5.41, 5.74) is 0.725. The lowest BCUT2D eigenvalue weighted by molar-refractivity contribution is -0.385. The van der Waals surface area contributed by atoms with Gasteiger partial charge in [0.2, 0.25) is 0 Å². The Morgan fingerprint density at radius 1 is 1.17 bits per heavy atom. The maximum atomic E-state index is 10.7. The van der Waals surface area contributed by atoms with E-state index in [4.69, 9.17) is 23.2 Å². The largest absolute Gasteiger partial charge is 0.502 e. The lowest BCUT2D eigenvalue weighted by Crippen LogP contribution is -1.90. The van der Waals surface area contributed by atoms with Crippen LogP contribution in [-0.2, 0) is 0 Å². The van der Waals surface area contributed by atoms with Crippen molar-refractivity contribution in [2.45, 2.75) is 0 Å². The molecule has 0 bridgehead atoms. The summed E-state index contributed by atoms with van der Waals surface area (Å²) in [6, 6.07) is 9.08. The number of nitrogens with zero attached hydrogens (tertiary/aromatic N) is 1. The predicted molar refractivity (Wildman–Crippen MR) is 70.2 cm³/mol. The van der Waals surface area contributed by atoms with Gasteiger partial charge in [-0.25, -0.2) is 0 Å². The van der Waals surface area contributed by atoms with Crippen molar-refractivity contribution in [2.24, 2.45) is 0 Å². The Morgan fingerprint density at radius 3 is 2.56 bits per heavy atom. The first-order valence-electron chi connectivity index (χ1n) is 4.92. The first kappa shape index (κ1) is 12.7. The molecule has 0 fully saturated rings. The lowest BCUT2D eigenvalue weighted by atomic mass is 10.0. The molecule has 0 spiro atoms. The van der Waals surface area contributed by atoms with Gasteiger partial charge in [-0.15, -0.1) is 0 Å². The molecule has 0 heterocycles. The number of nitro benzene ring substituents is 1. The van der Waals surface area contributed by atoms with Crippen LogP contribution in [0.3, 0.4) is 0 Å². The Bertz CT molecular complexity index is 629. The van der Waals surface area contributed by atoms with E-state index in [0.29, 0.717) is 21.2 Å². The SMILES string of the molecule is O=[N+]([O-])c1cc(-c2cccc(Cl)c2Cl)ccc1O. The second kappa shape index (κ2) is 4.84. The van der Waals surface area contributed by atoms with Gasteiger partial charge in [0.25, 0.3) is 0 Å². The van der Waals surface area contributed by atoms with Gasteiger partial charge in [0.05, 0.1) is 15.0 Å². The number of benzene rings is 2. The third kappa shape index (κ3) is 2.25. The van der Waals surface area contributed by atoms with Crippen LogP contribution in [0.4, 0.5) is 5.69 Å². The molecule has 0 aliphatic heterocycles. The normalized spacial score (nSPS) is 10.3. The number of hydrogen-bond acceptors (Lipinski definition) is 3. The highest BCUT2D eigenvalue weighted by molar-refractivity contribution is 6.43. The fourth-order valence-electron chi connectivity index (χ4n) is 1.56. The van der Waals surface area contributed by atoms with E-state index >= 15 is 0 Å². The predicted octanol–water partition coefficient (Wildman–Crippen LogP) is 4.27. The molecular formula is C12H7Cl2NO3. The number of phenols is 1. The molecule has 0 aromatic heterocycles. The highest BCUT2D eigenvalue weighted by Gasteiger charge is 2.16. The number of halogens is 2. The van der Waals surface area contributed by atoms with Crippen molar-refractivity contribution in [1.29, 1.82) is 0 Å². The van der Waals surface area contributed by atoms with Gasteiger partial charge in [0.1, 0.15) is 0 Å². The Labute approximate surface area is 113 Å². The van der Waals surface area contributed by atoms with Crippen molar-refractivity contribution < 1.29 is 10.0 Å². The van der Waals surface area contributed by atoms with Crippen LogP contribution in [0.2, 0.25) is 10.0 Å². The summed E-state index contributed by atoms with van der Waals surface area (Å²) in [4.78, 5) is 10.1. The van der Waals surface area contributed by atoms with Crippen LogP contribution in [-0.4, -0.2) is 10.0 Å². The molecule has 1 N–H and O–H groups in total. The van der Waals surface area contributed by atoms with Crippen LogP contribution < -0.4 is 0 Å². The Kier molecular flexibility index (Phi) is 3.41. The van der Waals surface area contributed by atoms with Crippen LogP contribution in [0.25, 0.3) is 11.1 Å². The smallest absolute Gasteiger partial charge is 0.311 e. The molecule has 0 aliphatic rings. The van der Waals surface area contributed by atoms with E-state index in [1.807, 2.05) is 0 Å². The third-order valence-corrected chi connectivity index (χ3v) is 3.25. The number of aromatic hydroxyl groups is 1. The van der Waals surface area contributed by atoms with E-state index < -0.39 is 4.92 Å². The standard InChI is InChI=1S/C12H7Cl2NO3/c13-9-3-1-2-8(12(9)14)7-4-5-11(16)10(6-7)15(17)18/h1-6,16H. The van der Waals surface area contributed by atoms with E-state index in [1.54, 1.807) is 24.3 Å². The van der Waals surface area contributed by atoms with Gasteiger partial charge < -0.3 is 5.11 Å². The molecule has 0 amide bonds. The molecule has 2 aromatic rings. The molecule has 92 valence electrons. The van der Waals surface area contributed by atoms with E-state index in [0.717, 1.165) is 0 Å². The van der Waals surface area contributed by atoms with Gasteiger partial charge in [0, 0.05) is 11.6 Å². The maximum Gasteiger partial charge on any atom is 0.311 e.